The molecule has 0 aliphatic rings. The van der Waals surface area contributed by atoms with E-state index in [-0.39, 0.29) is 5.97 Å². The Bertz CT molecular complexity index is 103. The molecular formula is C7H14O4. The molecule has 0 heterocycles. The lowest BCUT2D eigenvalue weighted by Gasteiger charge is -2.01. The topological polar surface area (TPSA) is 44.8 Å². The quantitative estimate of drug-likeness (QED) is 0.252. The van der Waals surface area contributed by atoms with Gasteiger partial charge >= 0.3 is 5.97 Å². The van der Waals surface area contributed by atoms with Crippen molar-refractivity contribution in [2.45, 2.75) is 20.3 Å². The van der Waals surface area contributed by atoms with Crippen molar-refractivity contribution in [3.05, 3.63) is 0 Å². The molecule has 0 aliphatic heterocycles. The molecule has 0 saturated carbocycles. The van der Waals surface area contributed by atoms with Crippen molar-refractivity contribution < 1.29 is 19.3 Å². The standard InChI is InChI=1S/C7H14O4/c1-3-10-11-6-4-5-9-7(2)8/h3-6H2,1-2H3. The van der Waals surface area contributed by atoms with E-state index in [1.54, 1.807) is 0 Å². The van der Waals surface area contributed by atoms with Crippen LogP contribution in [0.3, 0.4) is 0 Å². The molecule has 0 aromatic heterocycles. The molecule has 4 heteroatoms. The molecule has 4 nitrogen and oxygen atoms in total. The predicted molar refractivity (Wildman–Crippen MR) is 38.8 cm³/mol. The molecule has 0 aromatic rings. The van der Waals surface area contributed by atoms with E-state index in [1.807, 2.05) is 6.92 Å². The van der Waals surface area contributed by atoms with E-state index in [9.17, 15) is 4.79 Å². The fraction of sp³-hybridized carbons (Fsp3) is 0.857. The number of carbonyl (C=O) groups is 1. The summed E-state index contributed by atoms with van der Waals surface area (Å²) in [5.41, 5.74) is 0. The van der Waals surface area contributed by atoms with Crippen LogP contribution in [0, 0.1) is 0 Å². The summed E-state index contributed by atoms with van der Waals surface area (Å²) in [4.78, 5) is 19.5. The van der Waals surface area contributed by atoms with Gasteiger partial charge in [-0.2, -0.15) is 0 Å². The van der Waals surface area contributed by atoms with Crippen molar-refractivity contribution in [2.24, 2.45) is 0 Å². The van der Waals surface area contributed by atoms with Gasteiger partial charge in [0.25, 0.3) is 0 Å². The van der Waals surface area contributed by atoms with Crippen LogP contribution in [0.15, 0.2) is 0 Å². The molecule has 0 aromatic carbocycles. The van der Waals surface area contributed by atoms with Crippen LogP contribution < -0.4 is 0 Å². The molecule has 0 rings (SSSR count). The lowest BCUT2D eigenvalue weighted by molar-refractivity contribution is -0.292. The SMILES string of the molecule is CCOOCCCOC(C)=O. The zero-order valence-electron chi connectivity index (χ0n) is 6.96. The van der Waals surface area contributed by atoms with Gasteiger partial charge in [0.1, 0.15) is 0 Å². The fourth-order valence-corrected chi connectivity index (χ4v) is 0.476. The maximum atomic E-state index is 10.2. The molecule has 66 valence electrons. The molecule has 0 amide bonds. The van der Waals surface area contributed by atoms with Crippen LogP contribution in [-0.4, -0.2) is 25.8 Å². The Morgan fingerprint density at radius 3 is 2.55 bits per heavy atom. The van der Waals surface area contributed by atoms with E-state index in [1.165, 1.54) is 6.92 Å². The Balaban J connectivity index is 2.85. The Hall–Kier alpha value is -0.610. The highest BCUT2D eigenvalue weighted by Gasteiger charge is 1.92. The summed E-state index contributed by atoms with van der Waals surface area (Å²) in [5.74, 6) is -0.263. The Morgan fingerprint density at radius 1 is 1.27 bits per heavy atom. The molecule has 0 bridgehead atoms. The fourth-order valence-electron chi connectivity index (χ4n) is 0.476. The van der Waals surface area contributed by atoms with Crippen LogP contribution in [0.2, 0.25) is 0 Å². The van der Waals surface area contributed by atoms with E-state index in [4.69, 9.17) is 0 Å². The third-order valence-corrected chi connectivity index (χ3v) is 0.879. The van der Waals surface area contributed by atoms with E-state index in [2.05, 4.69) is 14.5 Å². The minimum absolute atomic E-state index is 0.263. The van der Waals surface area contributed by atoms with Crippen LogP contribution in [0.25, 0.3) is 0 Å². The first-order valence-corrected chi connectivity index (χ1v) is 3.65. The molecule has 0 saturated heterocycles. The smallest absolute Gasteiger partial charge is 0.302 e. The molecule has 0 spiro atoms. The van der Waals surface area contributed by atoms with Gasteiger partial charge < -0.3 is 4.74 Å². The van der Waals surface area contributed by atoms with Crippen LogP contribution in [-0.2, 0) is 19.3 Å². The molecule has 0 fully saturated rings. The number of carbonyl (C=O) groups excluding carboxylic acids is 1. The second-order valence-electron chi connectivity index (χ2n) is 1.92. The van der Waals surface area contributed by atoms with E-state index in [0.29, 0.717) is 26.2 Å². The summed E-state index contributed by atoms with van der Waals surface area (Å²) in [6.07, 6.45) is 0.666. The van der Waals surface area contributed by atoms with Gasteiger partial charge in [0, 0.05) is 13.3 Å². The summed E-state index contributed by atoms with van der Waals surface area (Å²) in [6, 6.07) is 0. The number of ether oxygens (including phenoxy) is 1. The van der Waals surface area contributed by atoms with Crippen LogP contribution in [0.5, 0.6) is 0 Å². The lowest BCUT2D eigenvalue weighted by atomic mass is 10.5. The predicted octanol–water partition coefficient (Wildman–Crippen LogP) is 0.908. The monoisotopic (exact) mass is 162 g/mol. The van der Waals surface area contributed by atoms with Crippen molar-refractivity contribution in [1.82, 2.24) is 0 Å². The van der Waals surface area contributed by atoms with Gasteiger partial charge in [-0.25, -0.2) is 9.78 Å². The van der Waals surface area contributed by atoms with Crippen molar-refractivity contribution in [3.63, 3.8) is 0 Å². The summed E-state index contributed by atoms with van der Waals surface area (Å²) in [7, 11) is 0. The van der Waals surface area contributed by atoms with Gasteiger partial charge in [-0.05, 0) is 6.92 Å². The molecule has 0 atom stereocenters. The second kappa shape index (κ2) is 7.50. The van der Waals surface area contributed by atoms with Crippen LogP contribution in [0.4, 0.5) is 0 Å². The van der Waals surface area contributed by atoms with Gasteiger partial charge in [0.05, 0.1) is 19.8 Å². The van der Waals surface area contributed by atoms with Crippen molar-refractivity contribution in [3.8, 4) is 0 Å². The molecule has 0 radical (unpaired) electrons. The van der Waals surface area contributed by atoms with Crippen LogP contribution >= 0.6 is 0 Å². The maximum Gasteiger partial charge on any atom is 0.302 e. The molecule has 0 N–H and O–H groups in total. The molecule has 0 unspecified atom stereocenters. The highest BCUT2D eigenvalue weighted by molar-refractivity contribution is 5.65. The lowest BCUT2D eigenvalue weighted by Crippen LogP contribution is -2.04. The Morgan fingerprint density at radius 2 is 2.00 bits per heavy atom. The normalized spacial score (nSPS) is 9.64. The van der Waals surface area contributed by atoms with Gasteiger partial charge in [0.2, 0.25) is 0 Å². The van der Waals surface area contributed by atoms with E-state index < -0.39 is 0 Å². The Labute approximate surface area is 66.4 Å². The van der Waals surface area contributed by atoms with Gasteiger partial charge in [0.15, 0.2) is 0 Å². The number of esters is 1. The van der Waals surface area contributed by atoms with Gasteiger partial charge in [-0.15, -0.1) is 0 Å². The van der Waals surface area contributed by atoms with Gasteiger partial charge in [-0.3, -0.25) is 4.79 Å². The molecular weight excluding hydrogens is 148 g/mol. The first kappa shape index (κ1) is 10.4. The number of hydrogen-bond donors (Lipinski definition) is 0. The first-order chi connectivity index (χ1) is 5.27. The third-order valence-electron chi connectivity index (χ3n) is 0.879. The first-order valence-electron chi connectivity index (χ1n) is 3.65. The summed E-state index contributed by atoms with van der Waals surface area (Å²) < 4.78 is 4.65. The second-order valence-corrected chi connectivity index (χ2v) is 1.92. The van der Waals surface area contributed by atoms with E-state index in [0.717, 1.165) is 0 Å². The highest BCUT2D eigenvalue weighted by Crippen LogP contribution is 1.86. The molecule has 11 heavy (non-hydrogen) atoms. The maximum absolute atomic E-state index is 10.2. The van der Waals surface area contributed by atoms with Crippen molar-refractivity contribution in [1.29, 1.82) is 0 Å². The minimum atomic E-state index is -0.263. The summed E-state index contributed by atoms with van der Waals surface area (Å²) >= 11 is 0. The number of hydrogen-bond acceptors (Lipinski definition) is 4. The highest BCUT2D eigenvalue weighted by atomic mass is 17.2. The van der Waals surface area contributed by atoms with E-state index >= 15 is 0 Å². The summed E-state index contributed by atoms with van der Waals surface area (Å²) in [6.45, 7) is 4.60. The van der Waals surface area contributed by atoms with Crippen molar-refractivity contribution >= 4 is 5.97 Å². The Kier molecular flexibility index (Phi) is 7.08. The summed E-state index contributed by atoms with van der Waals surface area (Å²) in [5, 5.41) is 0. The van der Waals surface area contributed by atoms with Gasteiger partial charge in [-0.1, -0.05) is 0 Å². The molecule has 0 aliphatic carbocycles. The average Bonchev–Trinajstić information content (AvgIpc) is 1.96. The zero-order valence-corrected chi connectivity index (χ0v) is 6.96. The van der Waals surface area contributed by atoms with Crippen molar-refractivity contribution in [2.75, 3.05) is 19.8 Å². The number of rotatable bonds is 6. The largest absolute Gasteiger partial charge is 0.466 e. The third kappa shape index (κ3) is 9.39. The zero-order chi connectivity index (χ0) is 8.53. The average molecular weight is 162 g/mol. The van der Waals surface area contributed by atoms with Crippen LogP contribution in [0.1, 0.15) is 20.3 Å². The minimum Gasteiger partial charge on any atom is -0.466 e.